The van der Waals surface area contributed by atoms with Crippen LogP contribution in [0, 0.1) is 10.8 Å². The van der Waals surface area contributed by atoms with E-state index >= 15 is 0 Å². The second kappa shape index (κ2) is 20.9. The molecule has 332 valence electrons. The van der Waals surface area contributed by atoms with Crippen LogP contribution in [0.25, 0.3) is 0 Å². The van der Waals surface area contributed by atoms with Gasteiger partial charge in [-0.15, -0.1) is 0 Å². The fourth-order valence-corrected chi connectivity index (χ4v) is 3.35. The van der Waals surface area contributed by atoms with E-state index in [-0.39, 0.29) is 11.1 Å². The van der Waals surface area contributed by atoms with Gasteiger partial charge in [0.15, 0.2) is 0 Å². The van der Waals surface area contributed by atoms with Crippen LogP contribution in [0.3, 0.4) is 0 Å². The van der Waals surface area contributed by atoms with Gasteiger partial charge in [0, 0.05) is 11.1 Å². The zero-order valence-corrected chi connectivity index (χ0v) is 30.7. The number of hydrogen-bond acceptors (Lipinski definition) is 13. The Morgan fingerprint density at radius 2 is 0.508 bits per heavy atom. The molecular weight excluding hydrogens is 844 g/mol. The smallest absolute Gasteiger partial charge is 0.422 e. The van der Waals surface area contributed by atoms with Crippen molar-refractivity contribution in [2.45, 2.75) is 38.6 Å². The van der Waals surface area contributed by atoms with Gasteiger partial charge in [0.1, 0.15) is 61.9 Å². The third-order valence-corrected chi connectivity index (χ3v) is 6.92. The highest BCUT2D eigenvalue weighted by molar-refractivity contribution is 5.91. The van der Waals surface area contributed by atoms with Gasteiger partial charge in [-0.25, -0.2) is 28.8 Å². The van der Waals surface area contributed by atoms with Crippen molar-refractivity contribution in [2.24, 2.45) is 10.8 Å². The monoisotopic (exact) mass is 878 g/mol. The van der Waals surface area contributed by atoms with E-state index < -0.39 is 146 Å². The molecular formula is C34H34F12O13. The number of alkyl halides is 12. The summed E-state index contributed by atoms with van der Waals surface area (Å²) in [6, 6.07) is 0. The number of carbonyl (C=O) groups is 6. The molecule has 0 radical (unpaired) electrons. The topological polar surface area (TPSA) is 167 Å². The summed E-state index contributed by atoms with van der Waals surface area (Å²) in [5.41, 5.74) is -14.7. The molecule has 25 heteroatoms. The molecule has 13 nitrogen and oxygen atoms in total. The van der Waals surface area contributed by atoms with Gasteiger partial charge in [-0.1, -0.05) is 39.5 Å². The molecule has 0 heterocycles. The maximum atomic E-state index is 13.2. The van der Waals surface area contributed by atoms with Crippen LogP contribution in [0.15, 0.2) is 72.9 Å². The number of carbonyl (C=O) groups excluding carboxylic acids is 6. The lowest BCUT2D eigenvalue weighted by atomic mass is 9.90. The van der Waals surface area contributed by atoms with Gasteiger partial charge in [-0.05, 0) is 13.8 Å². The Bertz CT molecular complexity index is 1570. The average Bonchev–Trinajstić information content (AvgIpc) is 3.11. The van der Waals surface area contributed by atoms with E-state index in [1.807, 2.05) is 0 Å². The molecule has 0 aliphatic heterocycles. The van der Waals surface area contributed by atoms with Gasteiger partial charge < -0.3 is 33.2 Å². The molecule has 0 aromatic rings. The summed E-state index contributed by atoms with van der Waals surface area (Å²) in [5, 5.41) is 0. The van der Waals surface area contributed by atoms with Gasteiger partial charge in [0.25, 0.3) is 0 Å². The minimum absolute atomic E-state index is 0.327. The van der Waals surface area contributed by atoms with Gasteiger partial charge in [-0.2, -0.15) is 52.7 Å². The van der Waals surface area contributed by atoms with E-state index in [0.29, 0.717) is 0 Å². The van der Waals surface area contributed by atoms with E-state index in [1.54, 1.807) is 0 Å². The average molecular weight is 879 g/mol. The number of ether oxygens (including phenoxy) is 7. The van der Waals surface area contributed by atoms with Crippen LogP contribution in [-0.2, 0) is 61.9 Å². The minimum Gasteiger partial charge on any atom is -0.461 e. The first-order valence-electron chi connectivity index (χ1n) is 15.5. The summed E-state index contributed by atoms with van der Waals surface area (Å²) < 4.78 is 192. The molecule has 0 saturated heterocycles. The standard InChI is InChI=1S/C34H34F12O13/c1-17(2)23(47)54-11-29(12-55-24(48)18(3)4,13-56-25(49)19(5)31(35,36)37)9-53-10-30(14-57-26(50)20(6)32(38,39)40,15-58-27(51)21(7)33(41,42)43)16-59-28(52)22(8)34(44,45)46/h1,3,5-16H2,2,4H3. The van der Waals surface area contributed by atoms with Crippen LogP contribution in [0.5, 0.6) is 0 Å². The van der Waals surface area contributed by atoms with Crippen molar-refractivity contribution in [1.29, 1.82) is 0 Å². The number of esters is 6. The lowest BCUT2D eigenvalue weighted by molar-refractivity contribution is -0.175. The lowest BCUT2D eigenvalue weighted by Crippen LogP contribution is -2.47. The molecule has 0 atom stereocenters. The first-order valence-corrected chi connectivity index (χ1v) is 15.5. The maximum Gasteiger partial charge on any atom is 0.422 e. The first-order chi connectivity index (χ1) is 26.5. The zero-order valence-electron chi connectivity index (χ0n) is 30.7. The summed E-state index contributed by atoms with van der Waals surface area (Å²) in [7, 11) is 0. The summed E-state index contributed by atoms with van der Waals surface area (Å²) in [6.07, 6.45) is -21.9. The zero-order chi connectivity index (χ0) is 46.5. The van der Waals surface area contributed by atoms with Gasteiger partial charge in [0.2, 0.25) is 0 Å². The minimum atomic E-state index is -5.50. The van der Waals surface area contributed by atoms with Crippen LogP contribution in [0.2, 0.25) is 0 Å². The van der Waals surface area contributed by atoms with Crippen molar-refractivity contribution < 1.29 is 115 Å². The van der Waals surface area contributed by atoms with Crippen LogP contribution in [-0.4, -0.2) is 113 Å². The van der Waals surface area contributed by atoms with Crippen LogP contribution in [0.1, 0.15) is 13.8 Å². The van der Waals surface area contributed by atoms with Crippen molar-refractivity contribution in [3.8, 4) is 0 Å². The van der Waals surface area contributed by atoms with E-state index in [0.717, 1.165) is 13.8 Å². The van der Waals surface area contributed by atoms with Crippen molar-refractivity contribution in [3.63, 3.8) is 0 Å². The van der Waals surface area contributed by atoms with Gasteiger partial charge >= 0.3 is 60.5 Å². The Morgan fingerprint density at radius 3 is 0.661 bits per heavy atom. The van der Waals surface area contributed by atoms with E-state index in [2.05, 4.69) is 58.4 Å². The Balaban J connectivity index is 7.42. The van der Waals surface area contributed by atoms with Crippen LogP contribution in [0.4, 0.5) is 52.7 Å². The molecule has 0 spiro atoms. The summed E-state index contributed by atoms with van der Waals surface area (Å²) in [5.74, 6) is -11.7. The highest BCUT2D eigenvalue weighted by Gasteiger charge is 2.46. The number of halogens is 12. The fourth-order valence-electron chi connectivity index (χ4n) is 3.35. The second-order valence-electron chi connectivity index (χ2n) is 12.4. The van der Waals surface area contributed by atoms with Crippen molar-refractivity contribution >= 4 is 35.8 Å². The Labute approximate surface area is 325 Å². The van der Waals surface area contributed by atoms with E-state index in [9.17, 15) is 81.5 Å². The number of rotatable bonds is 22. The molecule has 0 N–H and O–H groups in total. The third kappa shape index (κ3) is 17.8. The molecule has 59 heavy (non-hydrogen) atoms. The number of hydrogen-bond donors (Lipinski definition) is 0. The normalized spacial score (nSPS) is 12.3. The van der Waals surface area contributed by atoms with E-state index in [4.69, 9.17) is 14.2 Å². The summed E-state index contributed by atoms with van der Waals surface area (Å²) >= 11 is 0. The SMILES string of the molecule is C=C(C)C(=O)OCC(COCC(COC(=O)C(=C)C(F)(F)F)(COC(=O)C(=C)C(F)(F)F)COC(=O)C(=C)C(F)(F)F)(COC(=O)C(=C)C)COC(=O)C(=C)C(F)(F)F. The fraction of sp³-hybridized carbons (Fsp3) is 0.471. The van der Waals surface area contributed by atoms with Crippen LogP contribution < -0.4 is 0 Å². The van der Waals surface area contributed by atoms with Gasteiger partial charge in [-0.3, -0.25) is 0 Å². The molecule has 0 aromatic carbocycles. The predicted molar refractivity (Wildman–Crippen MR) is 172 cm³/mol. The molecule has 0 saturated carbocycles. The Hall–Kier alpha value is -5.62. The molecule has 0 bridgehead atoms. The quantitative estimate of drug-likeness (QED) is 0.0550. The highest BCUT2D eigenvalue weighted by atomic mass is 19.4. The molecule has 0 aliphatic carbocycles. The largest absolute Gasteiger partial charge is 0.461 e. The molecule has 0 aliphatic rings. The second-order valence-corrected chi connectivity index (χ2v) is 12.4. The van der Waals surface area contributed by atoms with Crippen molar-refractivity contribution in [2.75, 3.05) is 52.9 Å². The third-order valence-electron chi connectivity index (χ3n) is 6.92. The maximum absolute atomic E-state index is 13.2. The summed E-state index contributed by atoms with van der Waals surface area (Å²) in [6.45, 7) is 7.00. The highest BCUT2D eigenvalue weighted by Crippen LogP contribution is 2.32. The van der Waals surface area contributed by atoms with Gasteiger partial charge in [0.05, 0.1) is 24.0 Å². The summed E-state index contributed by atoms with van der Waals surface area (Å²) in [4.78, 5) is 73.6. The van der Waals surface area contributed by atoms with Crippen LogP contribution >= 0.6 is 0 Å². The molecule has 0 amide bonds. The molecule has 0 fully saturated rings. The molecule has 0 unspecified atom stereocenters. The molecule has 0 aromatic heterocycles. The Morgan fingerprint density at radius 1 is 0.339 bits per heavy atom. The molecule has 0 rings (SSSR count). The predicted octanol–water partition coefficient (Wildman–Crippen LogP) is 5.86. The Kier molecular flexibility index (Phi) is 18.9. The first kappa shape index (κ1) is 53.4. The van der Waals surface area contributed by atoms with E-state index in [1.165, 1.54) is 0 Å². The van der Waals surface area contributed by atoms with Crippen molar-refractivity contribution in [3.05, 3.63) is 72.9 Å². The lowest BCUT2D eigenvalue weighted by Gasteiger charge is -2.36. The van der Waals surface area contributed by atoms with Crippen molar-refractivity contribution in [1.82, 2.24) is 0 Å².